The number of nitrogens with zero attached hydrogens (tertiary/aromatic N) is 1. The Bertz CT molecular complexity index is 440. The molecule has 104 valence electrons. The molecule has 1 unspecified atom stereocenters. The Hall–Kier alpha value is -0.690. The zero-order valence-corrected chi connectivity index (χ0v) is 12.1. The van der Waals surface area contributed by atoms with Gasteiger partial charge in [-0.1, -0.05) is 12.2 Å². The van der Waals surface area contributed by atoms with Crippen LogP contribution in [0.15, 0.2) is 23.8 Å². The molecule has 0 aromatic heterocycles. The zero-order chi connectivity index (χ0) is 13.8. The van der Waals surface area contributed by atoms with E-state index in [0.717, 1.165) is 12.1 Å². The molecule has 18 heavy (non-hydrogen) atoms. The molecule has 0 aliphatic heterocycles. The van der Waals surface area contributed by atoms with E-state index in [0.29, 0.717) is 19.5 Å². The van der Waals surface area contributed by atoms with Crippen molar-refractivity contribution in [1.29, 1.82) is 0 Å². The van der Waals surface area contributed by atoms with Crippen LogP contribution in [-0.2, 0) is 9.84 Å². The Kier molecular flexibility index (Phi) is 5.10. The fourth-order valence-electron chi connectivity index (χ4n) is 1.84. The van der Waals surface area contributed by atoms with Gasteiger partial charge in [0.2, 0.25) is 0 Å². The summed E-state index contributed by atoms with van der Waals surface area (Å²) in [5.41, 5.74) is 6.52. The van der Waals surface area contributed by atoms with Gasteiger partial charge in [-0.2, -0.15) is 0 Å². The summed E-state index contributed by atoms with van der Waals surface area (Å²) in [6, 6.07) is 0. The van der Waals surface area contributed by atoms with Gasteiger partial charge >= 0.3 is 0 Å². The number of nitrogens with two attached hydrogens (primary N) is 1. The van der Waals surface area contributed by atoms with Crippen LogP contribution in [0, 0.1) is 0 Å². The average Bonchev–Trinajstić information content (AvgIpc) is 2.28. The molecule has 1 atom stereocenters. The Morgan fingerprint density at radius 2 is 2.17 bits per heavy atom. The summed E-state index contributed by atoms with van der Waals surface area (Å²) in [6.45, 7) is 1.85. The molecule has 0 amide bonds. The molecule has 1 aliphatic rings. The Morgan fingerprint density at radius 1 is 1.50 bits per heavy atom. The van der Waals surface area contributed by atoms with Crippen molar-refractivity contribution in [3.8, 4) is 0 Å². The average molecular weight is 273 g/mol. The normalized spacial score (nSPS) is 24.4. The lowest BCUT2D eigenvalue weighted by molar-refractivity contribution is 0.380. The van der Waals surface area contributed by atoms with Crippen molar-refractivity contribution in [2.75, 3.05) is 40.0 Å². The summed E-state index contributed by atoms with van der Waals surface area (Å²) in [5, 5.41) is 3.15. The van der Waals surface area contributed by atoms with Gasteiger partial charge in [-0.15, -0.1) is 0 Å². The molecule has 0 heterocycles. The van der Waals surface area contributed by atoms with Crippen LogP contribution in [0.2, 0.25) is 0 Å². The van der Waals surface area contributed by atoms with E-state index in [2.05, 4.69) is 5.32 Å². The van der Waals surface area contributed by atoms with Crippen molar-refractivity contribution in [2.45, 2.75) is 11.3 Å². The Morgan fingerprint density at radius 3 is 2.56 bits per heavy atom. The predicted octanol–water partition coefficient (Wildman–Crippen LogP) is -0.276. The van der Waals surface area contributed by atoms with E-state index in [4.69, 9.17) is 5.73 Å². The van der Waals surface area contributed by atoms with Crippen molar-refractivity contribution < 1.29 is 8.42 Å². The van der Waals surface area contributed by atoms with Gasteiger partial charge in [0.25, 0.3) is 0 Å². The van der Waals surface area contributed by atoms with Crippen LogP contribution >= 0.6 is 0 Å². The van der Waals surface area contributed by atoms with E-state index >= 15 is 0 Å². The van der Waals surface area contributed by atoms with Crippen LogP contribution in [0.3, 0.4) is 0 Å². The van der Waals surface area contributed by atoms with Gasteiger partial charge in [-0.3, -0.25) is 5.32 Å². The minimum absolute atomic E-state index is 0.433. The maximum absolute atomic E-state index is 12.0. The third-order valence-corrected chi connectivity index (χ3v) is 4.89. The molecule has 1 rings (SSSR count). The summed E-state index contributed by atoms with van der Waals surface area (Å²) in [4.78, 5) is 1.03. The number of sulfone groups is 1. The maximum atomic E-state index is 12.0. The number of likely N-dealkylation sites (N-methyl/N-ethyl adjacent to an activating group) is 1. The first-order chi connectivity index (χ1) is 8.31. The highest BCUT2D eigenvalue weighted by molar-refractivity contribution is 7.92. The van der Waals surface area contributed by atoms with Crippen molar-refractivity contribution in [2.24, 2.45) is 5.73 Å². The molecule has 1 aliphatic carbocycles. The minimum atomic E-state index is -3.22. The SMILES string of the molecule is CN(C)CCNC1(S(C)(=O)=O)C=CC(CN)=CC1. The molecule has 0 radical (unpaired) electrons. The van der Waals surface area contributed by atoms with E-state index in [-0.39, 0.29) is 0 Å². The number of hydrogen-bond donors (Lipinski definition) is 2. The van der Waals surface area contributed by atoms with E-state index < -0.39 is 14.7 Å². The summed E-state index contributed by atoms with van der Waals surface area (Å²) in [7, 11) is 0.694. The van der Waals surface area contributed by atoms with Gasteiger partial charge in [0.1, 0.15) is 4.87 Å². The second-order valence-electron chi connectivity index (χ2n) is 4.91. The third-order valence-electron chi connectivity index (χ3n) is 3.11. The molecule has 0 fully saturated rings. The van der Waals surface area contributed by atoms with Crippen LogP contribution in [0.25, 0.3) is 0 Å². The van der Waals surface area contributed by atoms with E-state index in [1.165, 1.54) is 6.26 Å². The quantitative estimate of drug-likeness (QED) is 0.696. The highest BCUT2D eigenvalue weighted by Crippen LogP contribution is 2.25. The topological polar surface area (TPSA) is 75.4 Å². The lowest BCUT2D eigenvalue weighted by Crippen LogP contribution is -2.52. The summed E-state index contributed by atoms with van der Waals surface area (Å²) in [5.74, 6) is 0. The summed E-state index contributed by atoms with van der Waals surface area (Å²) < 4.78 is 24.0. The fourth-order valence-corrected chi connectivity index (χ4v) is 2.91. The van der Waals surface area contributed by atoms with Gasteiger partial charge in [0.05, 0.1) is 0 Å². The van der Waals surface area contributed by atoms with E-state index in [1.807, 2.05) is 25.1 Å². The molecule has 3 N–H and O–H groups in total. The van der Waals surface area contributed by atoms with Crippen molar-refractivity contribution >= 4 is 9.84 Å². The smallest absolute Gasteiger partial charge is 0.170 e. The molecule has 0 aromatic rings. The van der Waals surface area contributed by atoms with Crippen molar-refractivity contribution in [1.82, 2.24) is 10.2 Å². The number of rotatable bonds is 6. The lowest BCUT2D eigenvalue weighted by atomic mass is 10.0. The minimum Gasteiger partial charge on any atom is -0.327 e. The molecule has 0 aromatic carbocycles. The van der Waals surface area contributed by atoms with E-state index in [9.17, 15) is 8.42 Å². The Labute approximate surface area is 110 Å². The standard InChI is InChI=1S/C12H23N3O2S/c1-15(2)9-8-14-12(18(3,16)17)6-4-11(10-13)5-7-12/h4-6,14H,7-10,13H2,1-3H3. The molecule has 5 nitrogen and oxygen atoms in total. The van der Waals surface area contributed by atoms with Crippen molar-refractivity contribution in [3.05, 3.63) is 23.8 Å². The Balaban J connectivity index is 2.82. The van der Waals surface area contributed by atoms with Crippen LogP contribution in [0.1, 0.15) is 6.42 Å². The second kappa shape index (κ2) is 5.97. The molecule has 0 saturated carbocycles. The molecule has 0 bridgehead atoms. The maximum Gasteiger partial charge on any atom is 0.170 e. The van der Waals surface area contributed by atoms with Crippen LogP contribution in [0.4, 0.5) is 0 Å². The monoisotopic (exact) mass is 273 g/mol. The first kappa shape index (κ1) is 15.4. The van der Waals surface area contributed by atoms with Gasteiger partial charge in [0, 0.05) is 32.3 Å². The molecular formula is C12H23N3O2S. The van der Waals surface area contributed by atoms with Crippen LogP contribution in [0.5, 0.6) is 0 Å². The van der Waals surface area contributed by atoms with Gasteiger partial charge in [-0.25, -0.2) is 8.42 Å². The zero-order valence-electron chi connectivity index (χ0n) is 11.3. The molecule has 0 saturated heterocycles. The van der Waals surface area contributed by atoms with Crippen LogP contribution in [-0.4, -0.2) is 58.2 Å². The molecule has 0 spiro atoms. The highest BCUT2D eigenvalue weighted by atomic mass is 32.2. The van der Waals surface area contributed by atoms with Gasteiger partial charge in [0.15, 0.2) is 9.84 Å². The highest BCUT2D eigenvalue weighted by Gasteiger charge is 2.38. The second-order valence-corrected chi connectivity index (χ2v) is 7.19. The molecular weight excluding hydrogens is 250 g/mol. The largest absolute Gasteiger partial charge is 0.327 e. The first-order valence-corrected chi connectivity index (χ1v) is 7.87. The molecule has 6 heteroatoms. The number of hydrogen-bond acceptors (Lipinski definition) is 5. The van der Waals surface area contributed by atoms with Gasteiger partial charge in [-0.05, 0) is 25.7 Å². The van der Waals surface area contributed by atoms with E-state index in [1.54, 1.807) is 12.2 Å². The van der Waals surface area contributed by atoms with Crippen LogP contribution < -0.4 is 11.1 Å². The van der Waals surface area contributed by atoms with Gasteiger partial charge < -0.3 is 10.6 Å². The van der Waals surface area contributed by atoms with Crippen molar-refractivity contribution in [3.63, 3.8) is 0 Å². The summed E-state index contributed by atoms with van der Waals surface area (Å²) >= 11 is 0. The predicted molar refractivity (Wildman–Crippen MR) is 75.0 cm³/mol. The number of nitrogens with one attached hydrogen (secondary N) is 1. The first-order valence-electron chi connectivity index (χ1n) is 5.98. The fraction of sp³-hybridized carbons (Fsp3) is 0.667. The third kappa shape index (κ3) is 3.65. The summed E-state index contributed by atoms with van der Waals surface area (Å²) in [6.07, 6.45) is 7.11. The lowest BCUT2D eigenvalue weighted by Gasteiger charge is -2.32.